The lowest BCUT2D eigenvalue weighted by Crippen LogP contribution is -2.14. The molecule has 0 aliphatic rings. The van der Waals surface area contributed by atoms with E-state index in [1.54, 1.807) is 24.3 Å². The number of anilines is 1. The molecule has 1 heterocycles. The molecule has 0 amide bonds. The molecule has 7 heteroatoms. The molecule has 108 valence electrons. The second kappa shape index (κ2) is 5.46. The first kappa shape index (κ1) is 15.5. The number of halogens is 1. The second-order valence-corrected chi connectivity index (χ2v) is 8.80. The van der Waals surface area contributed by atoms with Crippen LogP contribution in [0.3, 0.4) is 0 Å². The smallest absolute Gasteiger partial charge is 0.255 e. The first-order chi connectivity index (χ1) is 9.18. The molecular formula is C13H15BrN2O2S2. The van der Waals surface area contributed by atoms with E-state index in [1.807, 2.05) is 26.2 Å². The highest BCUT2D eigenvalue weighted by Gasteiger charge is 2.20. The van der Waals surface area contributed by atoms with Crippen LogP contribution < -0.4 is 4.72 Å². The molecule has 0 aliphatic carbocycles. The number of thiazole rings is 1. The van der Waals surface area contributed by atoms with Gasteiger partial charge in [0.25, 0.3) is 10.0 Å². The third-order valence-electron chi connectivity index (χ3n) is 2.62. The zero-order valence-electron chi connectivity index (χ0n) is 11.3. The van der Waals surface area contributed by atoms with Crippen molar-refractivity contribution in [2.45, 2.75) is 31.1 Å². The number of hydrogen-bond donors (Lipinski definition) is 1. The van der Waals surface area contributed by atoms with Gasteiger partial charge >= 0.3 is 0 Å². The Morgan fingerprint density at radius 3 is 2.30 bits per heavy atom. The molecule has 2 rings (SSSR count). The lowest BCUT2D eigenvalue weighted by atomic mass is 9.93. The summed E-state index contributed by atoms with van der Waals surface area (Å²) in [4.78, 5) is 4.54. The van der Waals surface area contributed by atoms with Crippen LogP contribution in [0.15, 0.2) is 39.0 Å². The van der Waals surface area contributed by atoms with Gasteiger partial charge in [0.15, 0.2) is 5.13 Å². The SMILES string of the molecule is CC(C)(C)c1csc(NS(=O)(=O)c2ccc(Br)cc2)n1. The van der Waals surface area contributed by atoms with Gasteiger partial charge in [0.1, 0.15) is 0 Å². The number of nitrogens with one attached hydrogen (secondary N) is 1. The van der Waals surface area contributed by atoms with Gasteiger partial charge in [0.2, 0.25) is 0 Å². The lowest BCUT2D eigenvalue weighted by molar-refractivity contribution is 0.573. The van der Waals surface area contributed by atoms with E-state index >= 15 is 0 Å². The Bertz CT molecular complexity index is 701. The molecule has 1 N–H and O–H groups in total. The summed E-state index contributed by atoms with van der Waals surface area (Å²) in [6, 6.07) is 6.48. The van der Waals surface area contributed by atoms with Crippen molar-refractivity contribution in [2.75, 3.05) is 4.72 Å². The van der Waals surface area contributed by atoms with Crippen molar-refractivity contribution in [1.82, 2.24) is 4.98 Å². The third kappa shape index (κ3) is 3.59. The Morgan fingerprint density at radius 1 is 1.20 bits per heavy atom. The zero-order valence-corrected chi connectivity index (χ0v) is 14.6. The average Bonchev–Trinajstić information content (AvgIpc) is 2.77. The second-order valence-electron chi connectivity index (χ2n) is 5.35. The summed E-state index contributed by atoms with van der Waals surface area (Å²) >= 11 is 4.57. The minimum atomic E-state index is -3.59. The van der Waals surface area contributed by atoms with Crippen LogP contribution in [0.5, 0.6) is 0 Å². The quantitative estimate of drug-likeness (QED) is 0.882. The zero-order chi connectivity index (χ0) is 15.0. The summed E-state index contributed by atoms with van der Waals surface area (Å²) in [6.07, 6.45) is 0. The van der Waals surface area contributed by atoms with E-state index in [9.17, 15) is 8.42 Å². The molecule has 1 aromatic heterocycles. The van der Waals surface area contributed by atoms with Crippen molar-refractivity contribution < 1.29 is 8.42 Å². The topological polar surface area (TPSA) is 59.1 Å². The fraction of sp³-hybridized carbons (Fsp3) is 0.308. The molecule has 4 nitrogen and oxygen atoms in total. The highest BCUT2D eigenvalue weighted by molar-refractivity contribution is 9.10. The van der Waals surface area contributed by atoms with Crippen molar-refractivity contribution in [2.24, 2.45) is 0 Å². The lowest BCUT2D eigenvalue weighted by Gasteiger charge is -2.14. The maximum absolute atomic E-state index is 12.2. The summed E-state index contributed by atoms with van der Waals surface area (Å²) in [6.45, 7) is 6.11. The standard InChI is InChI=1S/C13H15BrN2O2S2/c1-13(2,3)11-8-19-12(15-11)16-20(17,18)10-6-4-9(14)5-7-10/h4-8H,1-3H3,(H,15,16). The minimum Gasteiger partial charge on any atom is -0.255 e. The van der Waals surface area contributed by atoms with Crippen LogP contribution in [0.25, 0.3) is 0 Å². The van der Waals surface area contributed by atoms with E-state index in [0.29, 0.717) is 5.13 Å². The normalized spacial score (nSPS) is 12.4. The number of benzene rings is 1. The van der Waals surface area contributed by atoms with Crippen molar-refractivity contribution >= 4 is 42.4 Å². The Balaban J connectivity index is 2.25. The molecule has 0 aliphatic heterocycles. The van der Waals surface area contributed by atoms with Crippen molar-refractivity contribution in [3.63, 3.8) is 0 Å². The summed E-state index contributed by atoms with van der Waals surface area (Å²) < 4.78 is 27.8. The van der Waals surface area contributed by atoms with Crippen LogP contribution in [0.1, 0.15) is 26.5 Å². The van der Waals surface area contributed by atoms with Gasteiger partial charge in [-0.15, -0.1) is 11.3 Å². The van der Waals surface area contributed by atoms with Crippen LogP contribution in [0.2, 0.25) is 0 Å². The monoisotopic (exact) mass is 374 g/mol. The molecule has 0 radical (unpaired) electrons. The van der Waals surface area contributed by atoms with Gasteiger partial charge in [0.05, 0.1) is 10.6 Å². The fourth-order valence-electron chi connectivity index (χ4n) is 1.45. The number of sulfonamides is 1. The molecule has 0 saturated heterocycles. The first-order valence-electron chi connectivity index (χ1n) is 5.93. The molecule has 0 bridgehead atoms. The summed E-state index contributed by atoms with van der Waals surface area (Å²) in [5.74, 6) is 0. The number of hydrogen-bond acceptors (Lipinski definition) is 4. The largest absolute Gasteiger partial charge is 0.263 e. The maximum Gasteiger partial charge on any atom is 0.263 e. The molecule has 1 aromatic carbocycles. The van der Waals surface area contributed by atoms with E-state index in [0.717, 1.165) is 10.2 Å². The number of rotatable bonds is 3. The van der Waals surface area contributed by atoms with Gasteiger partial charge in [-0.05, 0) is 24.3 Å². The summed E-state index contributed by atoms with van der Waals surface area (Å²) in [5.41, 5.74) is 0.772. The van der Waals surface area contributed by atoms with E-state index in [4.69, 9.17) is 0 Å². The Labute approximate surface area is 131 Å². The van der Waals surface area contributed by atoms with E-state index in [1.165, 1.54) is 11.3 Å². The van der Waals surface area contributed by atoms with Crippen molar-refractivity contribution in [3.8, 4) is 0 Å². The average molecular weight is 375 g/mol. The van der Waals surface area contributed by atoms with E-state index < -0.39 is 10.0 Å². The highest BCUT2D eigenvalue weighted by Crippen LogP contribution is 2.27. The van der Waals surface area contributed by atoms with E-state index in [2.05, 4.69) is 25.6 Å². The van der Waals surface area contributed by atoms with Gasteiger partial charge < -0.3 is 0 Å². The minimum absolute atomic E-state index is 0.0994. The molecule has 2 aromatic rings. The van der Waals surface area contributed by atoms with Crippen LogP contribution in [-0.2, 0) is 15.4 Å². The number of nitrogens with zero attached hydrogens (tertiary/aromatic N) is 1. The van der Waals surface area contributed by atoms with Crippen LogP contribution in [0.4, 0.5) is 5.13 Å². The Hall–Kier alpha value is -0.920. The third-order valence-corrected chi connectivity index (χ3v) is 5.39. The van der Waals surface area contributed by atoms with E-state index in [-0.39, 0.29) is 10.3 Å². The van der Waals surface area contributed by atoms with Gasteiger partial charge in [-0.2, -0.15) is 0 Å². The predicted octanol–water partition coefficient (Wildman–Crippen LogP) is 4.00. The van der Waals surface area contributed by atoms with Crippen molar-refractivity contribution in [1.29, 1.82) is 0 Å². The summed E-state index contributed by atoms with van der Waals surface area (Å²) in [5, 5.41) is 2.26. The van der Waals surface area contributed by atoms with Crippen LogP contribution >= 0.6 is 27.3 Å². The Morgan fingerprint density at radius 2 is 1.80 bits per heavy atom. The van der Waals surface area contributed by atoms with Gasteiger partial charge in [0, 0.05) is 15.3 Å². The molecule has 0 spiro atoms. The highest BCUT2D eigenvalue weighted by atomic mass is 79.9. The molecule has 0 atom stereocenters. The maximum atomic E-state index is 12.2. The first-order valence-corrected chi connectivity index (χ1v) is 9.08. The molecular weight excluding hydrogens is 360 g/mol. The fourth-order valence-corrected chi connectivity index (χ4v) is 3.91. The molecule has 0 fully saturated rings. The molecule has 20 heavy (non-hydrogen) atoms. The molecule has 0 saturated carbocycles. The Kier molecular flexibility index (Phi) is 4.22. The van der Waals surface area contributed by atoms with Gasteiger partial charge in [-0.25, -0.2) is 13.4 Å². The number of aromatic nitrogens is 1. The molecule has 0 unspecified atom stereocenters. The van der Waals surface area contributed by atoms with Crippen LogP contribution in [-0.4, -0.2) is 13.4 Å². The van der Waals surface area contributed by atoms with Gasteiger partial charge in [-0.1, -0.05) is 36.7 Å². The van der Waals surface area contributed by atoms with Crippen LogP contribution in [0, 0.1) is 0 Å². The predicted molar refractivity (Wildman–Crippen MR) is 85.8 cm³/mol. The summed E-state index contributed by atoms with van der Waals surface area (Å²) in [7, 11) is -3.59. The van der Waals surface area contributed by atoms with Crippen molar-refractivity contribution in [3.05, 3.63) is 39.8 Å². The van der Waals surface area contributed by atoms with Gasteiger partial charge in [-0.3, -0.25) is 4.72 Å².